The molecule has 37 heteroatoms. The van der Waals surface area contributed by atoms with E-state index in [4.69, 9.17) is 61.6 Å². The number of ether oxygens (including phenoxy) is 13. The van der Waals surface area contributed by atoms with E-state index < -0.39 is 284 Å². The molecule has 37 nitrogen and oxygen atoms in total. The predicted molar refractivity (Wildman–Crippen MR) is 376 cm³/mol. The molecule has 11 rings (SSSR count). The lowest BCUT2D eigenvalue weighted by molar-refractivity contribution is -0.391. The molecular formula is C75H120N2O35. The number of aliphatic hydroxyl groups excluding tert-OH is 16. The molecule has 0 radical (unpaired) electrons. The highest BCUT2D eigenvalue weighted by Crippen LogP contribution is 2.76. The monoisotopic (exact) mass is 1610 g/mol. The second kappa shape index (κ2) is 34.4. The van der Waals surface area contributed by atoms with Crippen LogP contribution in [0.3, 0.4) is 0 Å². The highest BCUT2D eigenvalue weighted by atomic mass is 16.8. The van der Waals surface area contributed by atoms with Crippen LogP contribution < -0.4 is 10.6 Å². The van der Waals surface area contributed by atoms with Gasteiger partial charge in [-0.1, -0.05) is 59.6 Å². The molecule has 19 N–H and O–H groups in total. The van der Waals surface area contributed by atoms with Crippen LogP contribution in [0.4, 0.5) is 4.79 Å². The maximum Gasteiger partial charge on any atom is 0.407 e. The van der Waals surface area contributed by atoms with E-state index in [2.05, 4.69) is 51.3 Å². The highest BCUT2D eigenvalue weighted by Gasteiger charge is 2.73. The van der Waals surface area contributed by atoms with E-state index in [0.29, 0.717) is 57.8 Å². The van der Waals surface area contributed by atoms with Crippen LogP contribution in [0, 0.1) is 50.2 Å². The van der Waals surface area contributed by atoms with Gasteiger partial charge < -0.3 is 164 Å². The van der Waals surface area contributed by atoms with Crippen molar-refractivity contribution in [2.45, 2.75) is 342 Å². The molecule has 0 aromatic rings. The highest BCUT2D eigenvalue weighted by molar-refractivity contribution is 5.80. The van der Waals surface area contributed by atoms with Crippen molar-refractivity contribution >= 4 is 30.2 Å². The van der Waals surface area contributed by atoms with Crippen LogP contribution in [0.1, 0.15) is 153 Å². The Kier molecular flexibility index (Phi) is 27.3. The van der Waals surface area contributed by atoms with Gasteiger partial charge in [-0.05, 0) is 138 Å². The Bertz CT molecular complexity index is 3300. The van der Waals surface area contributed by atoms with Gasteiger partial charge in [-0.3, -0.25) is 9.59 Å². The van der Waals surface area contributed by atoms with Gasteiger partial charge in [0.2, 0.25) is 12.2 Å². The molecule has 6 heterocycles. The Morgan fingerprint density at radius 2 is 1.17 bits per heavy atom. The Balaban J connectivity index is 0.860. The maximum absolute atomic E-state index is 16.1. The Morgan fingerprint density at radius 1 is 0.580 bits per heavy atom. The van der Waals surface area contributed by atoms with E-state index in [9.17, 15) is 106 Å². The normalized spacial score (nSPS) is 48.9. The predicted octanol–water partition coefficient (Wildman–Crippen LogP) is -3.63. The van der Waals surface area contributed by atoms with Crippen molar-refractivity contribution in [3.8, 4) is 0 Å². The first-order valence-electron chi connectivity index (χ1n) is 39.2. The molecule has 6 aliphatic heterocycles. The van der Waals surface area contributed by atoms with Crippen LogP contribution in [-0.4, -0.2) is 340 Å². The summed E-state index contributed by atoms with van der Waals surface area (Å²) in [4.78, 5) is 69.5. The van der Waals surface area contributed by atoms with Crippen molar-refractivity contribution < 1.29 is 172 Å². The number of hydrogen-bond donors (Lipinski definition) is 19. The number of rotatable bonds is 23. The summed E-state index contributed by atoms with van der Waals surface area (Å²) in [6, 6.07) is -1.50. The van der Waals surface area contributed by atoms with E-state index in [1.807, 2.05) is 0 Å². The van der Waals surface area contributed by atoms with Crippen molar-refractivity contribution in [3.63, 3.8) is 0 Å². The van der Waals surface area contributed by atoms with Crippen LogP contribution in [0.15, 0.2) is 11.6 Å². The number of alkyl carbamates (subject to hydrolysis) is 1. The number of unbranched alkanes of at least 4 members (excludes halogenated alkanes) is 2. The number of fused-ring (bicyclic) bond motifs is 7. The zero-order chi connectivity index (χ0) is 82.2. The molecule has 17 unspecified atom stereocenters. The summed E-state index contributed by atoms with van der Waals surface area (Å²) in [7, 11) is 0. The molecule has 11 aliphatic rings. The molecule has 0 bridgehead atoms. The lowest BCUT2D eigenvalue weighted by Gasteiger charge is -2.71. The summed E-state index contributed by atoms with van der Waals surface area (Å²) in [6.45, 7) is 16.1. The molecule has 38 atom stereocenters. The molecule has 112 heavy (non-hydrogen) atoms. The van der Waals surface area contributed by atoms with Gasteiger partial charge in [0.1, 0.15) is 127 Å². The van der Waals surface area contributed by atoms with Gasteiger partial charge in [-0.2, -0.15) is 0 Å². The molecule has 2 amide bonds. The summed E-state index contributed by atoms with van der Waals surface area (Å²) in [5, 5.41) is 194. The molecule has 10 fully saturated rings. The van der Waals surface area contributed by atoms with Crippen molar-refractivity contribution in [2.24, 2.45) is 50.2 Å². The van der Waals surface area contributed by atoms with Gasteiger partial charge in [0.05, 0.1) is 56.2 Å². The van der Waals surface area contributed by atoms with Crippen LogP contribution in [-0.2, 0) is 80.8 Å². The summed E-state index contributed by atoms with van der Waals surface area (Å²) in [5.74, 6) is -4.84. The molecule has 0 aromatic carbocycles. The maximum atomic E-state index is 16.1. The lowest BCUT2D eigenvalue weighted by Crippen LogP contribution is -2.70. The number of carbonyl (C=O) groups is 5. The molecule has 5 aliphatic carbocycles. The quantitative estimate of drug-likeness (QED) is 0.0154. The topological polar surface area (TPSA) is 573 Å². The first kappa shape index (κ1) is 88.8. The van der Waals surface area contributed by atoms with E-state index in [1.54, 1.807) is 27.7 Å². The number of aliphatic hydroxyl groups is 16. The average Bonchev–Trinajstić information content (AvgIpc) is 0.669. The number of aliphatic carboxylic acids is 1. The largest absolute Gasteiger partial charge is 0.479 e. The molecule has 0 spiro atoms. The van der Waals surface area contributed by atoms with Gasteiger partial charge in [0.15, 0.2) is 43.7 Å². The van der Waals surface area contributed by atoms with E-state index in [1.165, 1.54) is 6.92 Å². The summed E-state index contributed by atoms with van der Waals surface area (Å²) in [5.41, 5.74) is -5.83. The first-order chi connectivity index (χ1) is 52.5. The number of carboxylic acids is 1. The average molecular weight is 1610 g/mol. The Hall–Kier alpha value is -3.99. The van der Waals surface area contributed by atoms with E-state index in [-0.39, 0.29) is 38.1 Å². The summed E-state index contributed by atoms with van der Waals surface area (Å²) >= 11 is 0. The van der Waals surface area contributed by atoms with E-state index >= 15 is 4.79 Å². The van der Waals surface area contributed by atoms with Crippen molar-refractivity contribution in [2.75, 3.05) is 33.0 Å². The van der Waals surface area contributed by atoms with Gasteiger partial charge >= 0.3 is 18.0 Å². The summed E-state index contributed by atoms with van der Waals surface area (Å²) in [6.07, 6.45) is -46.6. The number of esters is 1. The number of hydrogen-bond acceptors (Lipinski definition) is 34. The molecule has 0 aromatic heterocycles. The lowest BCUT2D eigenvalue weighted by atomic mass is 9.33. The fourth-order valence-corrected chi connectivity index (χ4v) is 20.4. The third-order valence-electron chi connectivity index (χ3n) is 26.9. The first-order valence-corrected chi connectivity index (χ1v) is 39.2. The fourth-order valence-electron chi connectivity index (χ4n) is 20.4. The fraction of sp³-hybridized carbons (Fsp3) is 0.907. The van der Waals surface area contributed by atoms with Crippen molar-refractivity contribution in [1.82, 2.24) is 10.6 Å². The summed E-state index contributed by atoms with van der Waals surface area (Å²) < 4.78 is 78.2. The van der Waals surface area contributed by atoms with Crippen molar-refractivity contribution in [3.05, 3.63) is 11.6 Å². The second-order valence-corrected chi connectivity index (χ2v) is 35.6. The number of carboxylic acid groups (broad SMARTS) is 1. The number of nitrogens with one attached hydrogen (secondary N) is 2. The van der Waals surface area contributed by atoms with Crippen LogP contribution in [0.5, 0.6) is 0 Å². The zero-order valence-electron chi connectivity index (χ0n) is 64.9. The van der Waals surface area contributed by atoms with Crippen LogP contribution >= 0.6 is 0 Å². The van der Waals surface area contributed by atoms with Gasteiger partial charge in [-0.15, -0.1) is 0 Å². The Morgan fingerprint density at radius 3 is 1.79 bits per heavy atom. The third kappa shape index (κ3) is 16.8. The minimum absolute atomic E-state index is 0.00225. The molecular weight excluding hydrogens is 1490 g/mol. The van der Waals surface area contributed by atoms with E-state index in [0.717, 1.165) is 11.9 Å². The van der Waals surface area contributed by atoms with Gasteiger partial charge in [0.25, 0.3) is 0 Å². The molecule has 6 saturated heterocycles. The second-order valence-electron chi connectivity index (χ2n) is 35.6. The SMILES string of the molecule is CC1O[C@@H](OC2C(O)[C@@H](NC(=O)CCCCCNC(=O)OC(C)(C)C)C(CO)O[C@H]2OC(=O)[C@]23CCC(C)(C)CC2C2=CCC4C5(C)CC[C@H](O[C@@H]6OC(C(=O)O)[C@@H](O)[C@H](O[C@@H]7OC[C@@H](O)[C@H](O)C7O)C6O[C@@H]6OC(CO)[C@H](O)[C@H](O)C6O)[C@](C)(C=O)[C@@H]5CC[C@]4(C)[C@]2(C)CC3O)C(O)C(O)[C@H]1O[C@@H]1OC[C@@H](O)C(O)C1O. The van der Waals surface area contributed by atoms with Crippen LogP contribution in [0.2, 0.25) is 0 Å². The van der Waals surface area contributed by atoms with Crippen LogP contribution in [0.25, 0.3) is 0 Å². The van der Waals surface area contributed by atoms with Gasteiger partial charge in [-0.25, -0.2) is 9.59 Å². The zero-order valence-corrected chi connectivity index (χ0v) is 64.9. The number of amides is 2. The number of aldehydes is 1. The smallest absolute Gasteiger partial charge is 0.407 e. The standard InChI is InChI=1S/C75H120N2O35/c1-31-55(106-61-50(91)44(85)34(81)28-100-61)49(90)53(94)63(102-31)109-58-47(88)43(77-42(84)14-12-11-13-23-76-68(99)112-69(2,3)4)36(26-78)103-65(58)111-67(98)75-22-21-70(5,6)24-33(75)32-15-16-39-71(7)19-18-41(72(8,30-80)38(71)17-20-73(39,9)74(32,10)25-40(75)83)105-66-59(110-64-52(93)48(89)46(87)37(27-79)104-64)56(54(95)57(108-66)60(96)97)107-62-51(92)45(86)35(82)29-101-62/h15,30-31,33-41,43-59,61-66,78-79,81-83,85-95H,11-14,16-29H2,1-10H3,(H,76,99)(H,77,84)(H,96,97)/t31?,33?,34-,35-,36?,37?,38-,39?,40?,41+,43+,44?,45+,46+,47?,48+,49?,50?,51?,52?,53?,54+,55+,56+,57?,58?,59?,61+,62+,63+,64+,65+,66-,71?,72-,73+,74-,75-/m1/s1. The van der Waals surface area contributed by atoms with Gasteiger partial charge in [0, 0.05) is 13.0 Å². The minimum atomic E-state index is -2.23. The molecule has 4 saturated carbocycles. The third-order valence-corrected chi connectivity index (χ3v) is 26.9. The number of carbonyl (C=O) groups excluding carboxylic acids is 4. The minimum Gasteiger partial charge on any atom is -0.479 e. The Labute approximate surface area is 648 Å². The number of allylic oxidation sites excluding steroid dienone is 2. The van der Waals surface area contributed by atoms with Crippen molar-refractivity contribution in [1.29, 1.82) is 0 Å². The molecule has 640 valence electrons.